The fourth-order valence-corrected chi connectivity index (χ4v) is 3.34. The summed E-state index contributed by atoms with van der Waals surface area (Å²) >= 11 is 0. The lowest BCUT2D eigenvalue weighted by Crippen LogP contribution is -2.42. The number of hydrogen-bond donors (Lipinski definition) is 2. The third-order valence-corrected chi connectivity index (χ3v) is 4.90. The van der Waals surface area contributed by atoms with Crippen LogP contribution in [0.5, 0.6) is 0 Å². The second-order valence-electron chi connectivity index (χ2n) is 6.51. The quantitative estimate of drug-likeness (QED) is 0.844. The molecule has 4 nitrogen and oxygen atoms in total. The van der Waals surface area contributed by atoms with Crippen molar-refractivity contribution >= 4 is 5.97 Å². The first-order valence-electron chi connectivity index (χ1n) is 8.46. The van der Waals surface area contributed by atoms with Crippen LogP contribution in [0.2, 0.25) is 0 Å². The highest BCUT2D eigenvalue weighted by Gasteiger charge is 2.34. The number of nitrogens with one attached hydrogen (secondary N) is 1. The molecule has 0 aliphatic carbocycles. The van der Waals surface area contributed by atoms with Gasteiger partial charge in [0.05, 0.1) is 5.56 Å². The fraction of sp³-hybridized carbons (Fsp3) is 0.350. The van der Waals surface area contributed by atoms with Crippen molar-refractivity contribution in [2.45, 2.75) is 24.8 Å². The molecule has 1 heterocycles. The first kappa shape index (κ1) is 17.6. The minimum Gasteiger partial charge on any atom is -0.478 e. The number of benzene rings is 2. The van der Waals surface area contributed by atoms with E-state index in [2.05, 4.69) is 5.32 Å². The SMILES string of the molecule is O=C(O)c1ccc(CNCC2(c3ccc(F)cc3)CCOCC2)cc1. The number of hydrogen-bond acceptors (Lipinski definition) is 3. The van der Waals surface area contributed by atoms with Crippen molar-refractivity contribution in [2.75, 3.05) is 19.8 Å². The van der Waals surface area contributed by atoms with Gasteiger partial charge in [0.2, 0.25) is 0 Å². The molecule has 0 amide bonds. The summed E-state index contributed by atoms with van der Waals surface area (Å²) in [5.74, 6) is -1.14. The van der Waals surface area contributed by atoms with Crippen LogP contribution in [0.25, 0.3) is 0 Å². The lowest BCUT2D eigenvalue weighted by atomic mass is 9.74. The Balaban J connectivity index is 1.67. The minimum atomic E-state index is -0.919. The Morgan fingerprint density at radius 1 is 1.08 bits per heavy atom. The van der Waals surface area contributed by atoms with E-state index in [9.17, 15) is 9.18 Å². The molecule has 0 bridgehead atoms. The van der Waals surface area contributed by atoms with E-state index in [4.69, 9.17) is 9.84 Å². The molecule has 0 unspecified atom stereocenters. The summed E-state index contributed by atoms with van der Waals surface area (Å²) in [5.41, 5.74) is 2.39. The number of aromatic carboxylic acids is 1. The average Bonchev–Trinajstić information content (AvgIpc) is 2.63. The van der Waals surface area contributed by atoms with Gasteiger partial charge in [0.15, 0.2) is 0 Å². The predicted molar refractivity (Wildman–Crippen MR) is 93.2 cm³/mol. The molecule has 0 atom stereocenters. The standard InChI is InChI=1S/C20H22FNO3/c21-18-7-5-17(6-8-18)20(9-11-25-12-10-20)14-22-13-15-1-3-16(4-2-15)19(23)24/h1-8,22H,9-14H2,(H,23,24). The van der Waals surface area contributed by atoms with Crippen molar-refractivity contribution in [3.05, 3.63) is 71.0 Å². The van der Waals surface area contributed by atoms with E-state index in [1.165, 1.54) is 12.1 Å². The zero-order valence-electron chi connectivity index (χ0n) is 14.0. The van der Waals surface area contributed by atoms with E-state index in [1.54, 1.807) is 12.1 Å². The highest BCUT2D eigenvalue weighted by atomic mass is 19.1. The molecule has 0 spiro atoms. The number of carboxylic acids is 1. The maximum absolute atomic E-state index is 13.3. The molecule has 1 aliphatic heterocycles. The van der Waals surface area contributed by atoms with Crippen LogP contribution in [0.3, 0.4) is 0 Å². The average molecular weight is 343 g/mol. The number of rotatable bonds is 6. The summed E-state index contributed by atoms with van der Waals surface area (Å²) in [7, 11) is 0. The summed E-state index contributed by atoms with van der Waals surface area (Å²) in [6.07, 6.45) is 1.78. The second kappa shape index (κ2) is 7.76. The van der Waals surface area contributed by atoms with E-state index in [-0.39, 0.29) is 16.8 Å². The Bertz CT molecular complexity index is 707. The molecule has 2 aromatic carbocycles. The maximum atomic E-state index is 13.3. The van der Waals surface area contributed by atoms with Gasteiger partial charge >= 0.3 is 5.97 Å². The Hall–Kier alpha value is -2.24. The van der Waals surface area contributed by atoms with Gasteiger partial charge < -0.3 is 15.2 Å². The van der Waals surface area contributed by atoms with Gasteiger partial charge in [0, 0.05) is 31.7 Å². The van der Waals surface area contributed by atoms with Gasteiger partial charge in [0.25, 0.3) is 0 Å². The van der Waals surface area contributed by atoms with Crippen LogP contribution in [0.4, 0.5) is 4.39 Å². The van der Waals surface area contributed by atoms with E-state index in [0.717, 1.165) is 30.5 Å². The number of halogens is 1. The molecule has 1 saturated heterocycles. The van der Waals surface area contributed by atoms with E-state index >= 15 is 0 Å². The van der Waals surface area contributed by atoms with Crippen molar-refractivity contribution < 1.29 is 19.0 Å². The largest absolute Gasteiger partial charge is 0.478 e. The zero-order chi connectivity index (χ0) is 17.7. The van der Waals surface area contributed by atoms with Crippen LogP contribution in [-0.2, 0) is 16.7 Å². The summed E-state index contributed by atoms with van der Waals surface area (Å²) < 4.78 is 18.8. The van der Waals surface area contributed by atoms with Crippen molar-refractivity contribution in [1.29, 1.82) is 0 Å². The third-order valence-electron chi connectivity index (χ3n) is 4.90. The Kier molecular flexibility index (Phi) is 5.46. The minimum absolute atomic E-state index is 0.0625. The van der Waals surface area contributed by atoms with Gasteiger partial charge in [-0.05, 0) is 48.2 Å². The zero-order valence-corrected chi connectivity index (χ0v) is 14.0. The molecule has 132 valence electrons. The summed E-state index contributed by atoms with van der Waals surface area (Å²) in [6.45, 7) is 2.82. The number of carbonyl (C=O) groups is 1. The molecule has 2 N–H and O–H groups in total. The normalized spacial score (nSPS) is 16.5. The molecular weight excluding hydrogens is 321 g/mol. The highest BCUT2D eigenvalue weighted by Crippen LogP contribution is 2.34. The van der Waals surface area contributed by atoms with Crippen molar-refractivity contribution in [1.82, 2.24) is 5.32 Å². The second-order valence-corrected chi connectivity index (χ2v) is 6.51. The molecule has 0 saturated carbocycles. The molecule has 25 heavy (non-hydrogen) atoms. The molecule has 1 fully saturated rings. The van der Waals surface area contributed by atoms with E-state index < -0.39 is 5.97 Å². The number of carboxylic acid groups (broad SMARTS) is 1. The smallest absolute Gasteiger partial charge is 0.335 e. The summed E-state index contributed by atoms with van der Waals surface area (Å²) in [6, 6.07) is 13.6. The molecule has 1 aliphatic rings. The van der Waals surface area contributed by atoms with Crippen molar-refractivity contribution in [2.24, 2.45) is 0 Å². The van der Waals surface area contributed by atoms with Crippen LogP contribution in [0.1, 0.15) is 34.3 Å². The van der Waals surface area contributed by atoms with Gasteiger partial charge in [-0.15, -0.1) is 0 Å². The van der Waals surface area contributed by atoms with E-state index in [0.29, 0.717) is 19.8 Å². The van der Waals surface area contributed by atoms with Crippen LogP contribution >= 0.6 is 0 Å². The van der Waals surface area contributed by atoms with Crippen molar-refractivity contribution in [3.63, 3.8) is 0 Å². The van der Waals surface area contributed by atoms with Crippen LogP contribution < -0.4 is 5.32 Å². The highest BCUT2D eigenvalue weighted by molar-refractivity contribution is 5.87. The Labute approximate surface area is 146 Å². The third kappa shape index (κ3) is 4.24. The first-order chi connectivity index (χ1) is 12.1. The maximum Gasteiger partial charge on any atom is 0.335 e. The molecule has 2 aromatic rings. The van der Waals surface area contributed by atoms with Crippen LogP contribution in [-0.4, -0.2) is 30.8 Å². The summed E-state index contributed by atoms with van der Waals surface area (Å²) in [5, 5.41) is 12.4. The topological polar surface area (TPSA) is 58.6 Å². The van der Waals surface area contributed by atoms with Gasteiger partial charge in [-0.3, -0.25) is 0 Å². The molecule has 0 aromatic heterocycles. The first-order valence-corrected chi connectivity index (χ1v) is 8.46. The van der Waals surface area contributed by atoms with Gasteiger partial charge in [-0.1, -0.05) is 24.3 Å². The monoisotopic (exact) mass is 343 g/mol. The lowest BCUT2D eigenvalue weighted by molar-refractivity contribution is 0.0497. The molecule has 3 rings (SSSR count). The van der Waals surface area contributed by atoms with E-state index in [1.807, 2.05) is 24.3 Å². The molecular formula is C20H22FNO3. The molecule has 0 radical (unpaired) electrons. The lowest BCUT2D eigenvalue weighted by Gasteiger charge is -2.38. The van der Waals surface area contributed by atoms with Crippen LogP contribution in [0.15, 0.2) is 48.5 Å². The summed E-state index contributed by atoms with van der Waals surface area (Å²) in [4.78, 5) is 10.9. The van der Waals surface area contributed by atoms with Crippen LogP contribution in [0, 0.1) is 5.82 Å². The van der Waals surface area contributed by atoms with Gasteiger partial charge in [0.1, 0.15) is 5.82 Å². The molecule has 5 heteroatoms. The van der Waals surface area contributed by atoms with Gasteiger partial charge in [-0.25, -0.2) is 9.18 Å². The Morgan fingerprint density at radius 3 is 2.32 bits per heavy atom. The fourth-order valence-electron chi connectivity index (χ4n) is 3.34. The Morgan fingerprint density at radius 2 is 1.72 bits per heavy atom. The van der Waals surface area contributed by atoms with Crippen molar-refractivity contribution in [3.8, 4) is 0 Å². The number of ether oxygens (including phenoxy) is 1. The van der Waals surface area contributed by atoms with Gasteiger partial charge in [-0.2, -0.15) is 0 Å². The predicted octanol–water partition coefficient (Wildman–Crippen LogP) is 3.36.